The van der Waals surface area contributed by atoms with Gasteiger partial charge in [-0.3, -0.25) is 9.69 Å². The summed E-state index contributed by atoms with van der Waals surface area (Å²) in [4.78, 5) is 14.1. The lowest BCUT2D eigenvalue weighted by atomic mass is 9.92. The van der Waals surface area contributed by atoms with E-state index in [1.54, 1.807) is 0 Å². The Morgan fingerprint density at radius 1 is 1.56 bits per heavy atom. The minimum atomic E-state index is -0.0377. The SMILES string of the molecule is CCNC(=O)C(C)N1CC(CN)CCC1C. The van der Waals surface area contributed by atoms with Crippen LogP contribution in [0.1, 0.15) is 33.6 Å². The molecule has 0 aromatic heterocycles. The lowest BCUT2D eigenvalue weighted by molar-refractivity contribution is -0.127. The number of nitrogens with zero attached hydrogens (tertiary/aromatic N) is 1. The van der Waals surface area contributed by atoms with Crippen molar-refractivity contribution >= 4 is 5.91 Å². The summed E-state index contributed by atoms with van der Waals surface area (Å²) in [6.45, 7) is 8.52. The number of piperidine rings is 1. The molecule has 0 saturated carbocycles. The zero-order chi connectivity index (χ0) is 12.1. The molecule has 3 atom stereocenters. The molecule has 1 saturated heterocycles. The van der Waals surface area contributed by atoms with Gasteiger partial charge in [0, 0.05) is 19.1 Å². The second-order valence-electron chi connectivity index (χ2n) is 4.80. The molecule has 0 aromatic rings. The van der Waals surface area contributed by atoms with Gasteiger partial charge in [-0.25, -0.2) is 0 Å². The highest BCUT2D eigenvalue weighted by atomic mass is 16.2. The van der Waals surface area contributed by atoms with E-state index in [1.165, 1.54) is 6.42 Å². The highest BCUT2D eigenvalue weighted by molar-refractivity contribution is 5.81. The fourth-order valence-electron chi connectivity index (χ4n) is 2.42. The molecule has 4 nitrogen and oxygen atoms in total. The summed E-state index contributed by atoms with van der Waals surface area (Å²) in [6, 6.07) is 0.449. The predicted octanol–water partition coefficient (Wildman–Crippen LogP) is 0.570. The van der Waals surface area contributed by atoms with Gasteiger partial charge >= 0.3 is 0 Å². The molecule has 4 heteroatoms. The minimum absolute atomic E-state index is 0.0377. The summed E-state index contributed by atoms with van der Waals surface area (Å²) in [5.41, 5.74) is 5.72. The van der Waals surface area contributed by atoms with Crippen LogP contribution in [0.3, 0.4) is 0 Å². The van der Waals surface area contributed by atoms with Crippen LogP contribution in [0.15, 0.2) is 0 Å². The normalized spacial score (nSPS) is 28.8. The molecular formula is C12H25N3O. The first-order valence-electron chi connectivity index (χ1n) is 6.33. The summed E-state index contributed by atoms with van der Waals surface area (Å²) in [6.07, 6.45) is 2.34. The molecule has 0 bridgehead atoms. The largest absolute Gasteiger partial charge is 0.355 e. The molecule has 1 aliphatic rings. The van der Waals surface area contributed by atoms with E-state index in [0.29, 0.717) is 18.5 Å². The second kappa shape index (κ2) is 6.21. The standard InChI is InChI=1S/C12H25N3O/c1-4-14-12(16)10(3)15-8-11(7-13)6-5-9(15)2/h9-11H,4-8,13H2,1-3H3,(H,14,16). The lowest BCUT2D eigenvalue weighted by Crippen LogP contribution is -2.53. The molecule has 0 radical (unpaired) electrons. The Balaban J connectivity index is 2.57. The van der Waals surface area contributed by atoms with E-state index >= 15 is 0 Å². The van der Waals surface area contributed by atoms with Gasteiger partial charge in [-0.05, 0) is 46.1 Å². The average molecular weight is 227 g/mol. The van der Waals surface area contributed by atoms with Crippen LogP contribution in [-0.4, -0.2) is 42.5 Å². The molecule has 3 unspecified atom stereocenters. The van der Waals surface area contributed by atoms with Gasteiger partial charge in [0.1, 0.15) is 0 Å². The van der Waals surface area contributed by atoms with Gasteiger partial charge in [0.05, 0.1) is 6.04 Å². The van der Waals surface area contributed by atoms with Crippen LogP contribution in [0.5, 0.6) is 0 Å². The number of likely N-dealkylation sites (N-methyl/N-ethyl adjacent to an activating group) is 1. The highest BCUT2D eigenvalue weighted by Gasteiger charge is 2.30. The summed E-state index contributed by atoms with van der Waals surface area (Å²) < 4.78 is 0. The lowest BCUT2D eigenvalue weighted by Gasteiger charge is -2.40. The van der Waals surface area contributed by atoms with Gasteiger partial charge in [0.2, 0.25) is 5.91 Å². The fraction of sp³-hybridized carbons (Fsp3) is 0.917. The Morgan fingerprint density at radius 2 is 2.25 bits per heavy atom. The van der Waals surface area contributed by atoms with Crippen molar-refractivity contribution < 1.29 is 4.79 Å². The number of carbonyl (C=O) groups is 1. The van der Waals surface area contributed by atoms with E-state index in [2.05, 4.69) is 17.1 Å². The molecule has 3 N–H and O–H groups in total. The molecule has 16 heavy (non-hydrogen) atoms. The van der Waals surface area contributed by atoms with Crippen molar-refractivity contribution in [2.45, 2.75) is 45.7 Å². The van der Waals surface area contributed by atoms with Crippen molar-refractivity contribution in [3.63, 3.8) is 0 Å². The van der Waals surface area contributed by atoms with Crippen molar-refractivity contribution in [2.24, 2.45) is 11.7 Å². The van der Waals surface area contributed by atoms with Crippen LogP contribution in [0.2, 0.25) is 0 Å². The number of hydrogen-bond donors (Lipinski definition) is 2. The third-order valence-corrected chi connectivity index (χ3v) is 3.59. The first-order valence-corrected chi connectivity index (χ1v) is 6.33. The third-order valence-electron chi connectivity index (χ3n) is 3.59. The molecule has 1 rings (SSSR count). The van der Waals surface area contributed by atoms with Crippen LogP contribution in [-0.2, 0) is 4.79 Å². The molecule has 0 aliphatic carbocycles. The topological polar surface area (TPSA) is 58.4 Å². The predicted molar refractivity (Wildman–Crippen MR) is 66.1 cm³/mol. The highest BCUT2D eigenvalue weighted by Crippen LogP contribution is 2.23. The van der Waals surface area contributed by atoms with E-state index < -0.39 is 0 Å². The van der Waals surface area contributed by atoms with E-state index in [0.717, 1.165) is 19.5 Å². The van der Waals surface area contributed by atoms with E-state index in [9.17, 15) is 4.79 Å². The molecule has 0 aromatic carbocycles. The molecule has 94 valence electrons. The van der Waals surface area contributed by atoms with Gasteiger partial charge in [0.25, 0.3) is 0 Å². The van der Waals surface area contributed by atoms with Crippen LogP contribution in [0.25, 0.3) is 0 Å². The van der Waals surface area contributed by atoms with Crippen LogP contribution in [0.4, 0.5) is 0 Å². The minimum Gasteiger partial charge on any atom is -0.355 e. The molecule has 1 heterocycles. The Kier molecular flexibility index (Phi) is 5.22. The van der Waals surface area contributed by atoms with Crippen LogP contribution >= 0.6 is 0 Å². The van der Waals surface area contributed by atoms with Gasteiger partial charge in [-0.2, -0.15) is 0 Å². The van der Waals surface area contributed by atoms with Gasteiger partial charge in [-0.1, -0.05) is 0 Å². The zero-order valence-electron chi connectivity index (χ0n) is 10.7. The first kappa shape index (κ1) is 13.5. The maximum atomic E-state index is 11.8. The summed E-state index contributed by atoms with van der Waals surface area (Å²) in [5, 5.41) is 2.88. The van der Waals surface area contributed by atoms with Crippen molar-refractivity contribution in [3.8, 4) is 0 Å². The fourth-order valence-corrected chi connectivity index (χ4v) is 2.42. The molecule has 1 aliphatic heterocycles. The van der Waals surface area contributed by atoms with E-state index in [-0.39, 0.29) is 11.9 Å². The van der Waals surface area contributed by atoms with Crippen molar-refractivity contribution in [2.75, 3.05) is 19.6 Å². The van der Waals surface area contributed by atoms with Gasteiger partial charge < -0.3 is 11.1 Å². The van der Waals surface area contributed by atoms with Crippen molar-refractivity contribution in [3.05, 3.63) is 0 Å². The summed E-state index contributed by atoms with van der Waals surface area (Å²) in [5.74, 6) is 0.681. The Morgan fingerprint density at radius 3 is 2.81 bits per heavy atom. The Hall–Kier alpha value is -0.610. The maximum Gasteiger partial charge on any atom is 0.237 e. The second-order valence-corrected chi connectivity index (χ2v) is 4.80. The van der Waals surface area contributed by atoms with Crippen molar-refractivity contribution in [1.29, 1.82) is 0 Å². The molecular weight excluding hydrogens is 202 g/mol. The molecule has 1 fully saturated rings. The number of nitrogens with one attached hydrogen (secondary N) is 1. The Bertz CT molecular complexity index is 232. The molecule has 0 spiro atoms. The Labute approximate surface area is 98.6 Å². The number of carbonyl (C=O) groups excluding carboxylic acids is 1. The van der Waals surface area contributed by atoms with Gasteiger partial charge in [-0.15, -0.1) is 0 Å². The van der Waals surface area contributed by atoms with Crippen molar-refractivity contribution in [1.82, 2.24) is 10.2 Å². The number of likely N-dealkylation sites (tertiary alicyclic amines) is 1. The quantitative estimate of drug-likeness (QED) is 0.738. The van der Waals surface area contributed by atoms with Crippen LogP contribution < -0.4 is 11.1 Å². The monoisotopic (exact) mass is 227 g/mol. The van der Waals surface area contributed by atoms with Gasteiger partial charge in [0.15, 0.2) is 0 Å². The third kappa shape index (κ3) is 3.19. The maximum absolute atomic E-state index is 11.8. The van der Waals surface area contributed by atoms with Crippen LogP contribution in [0, 0.1) is 5.92 Å². The van der Waals surface area contributed by atoms with E-state index in [1.807, 2.05) is 13.8 Å². The number of amides is 1. The smallest absolute Gasteiger partial charge is 0.237 e. The average Bonchev–Trinajstić information content (AvgIpc) is 2.29. The number of rotatable bonds is 4. The summed E-state index contributed by atoms with van der Waals surface area (Å²) >= 11 is 0. The number of nitrogens with two attached hydrogens (primary N) is 1. The zero-order valence-corrected chi connectivity index (χ0v) is 10.7. The molecule has 1 amide bonds. The van der Waals surface area contributed by atoms with E-state index in [4.69, 9.17) is 5.73 Å². The summed E-state index contributed by atoms with van der Waals surface area (Å²) in [7, 11) is 0. The first-order chi connectivity index (χ1) is 7.60. The number of hydrogen-bond acceptors (Lipinski definition) is 3.